The van der Waals surface area contributed by atoms with Crippen LogP contribution in [0, 0.1) is 6.92 Å². The van der Waals surface area contributed by atoms with Crippen molar-refractivity contribution in [3.05, 3.63) is 58.9 Å². The van der Waals surface area contributed by atoms with Gasteiger partial charge in [-0.1, -0.05) is 31.8 Å². The van der Waals surface area contributed by atoms with Gasteiger partial charge in [0, 0.05) is 32.6 Å². The molecule has 6 nitrogen and oxygen atoms in total. The molecule has 2 aromatic heterocycles. The number of hydrogen-bond donors (Lipinski definition) is 1. The average Bonchev–Trinajstić information content (AvgIpc) is 3.12. The minimum Gasteiger partial charge on any atom is -0.495 e. The van der Waals surface area contributed by atoms with E-state index < -0.39 is 14.0 Å². The Bertz CT molecular complexity index is 1110. The highest BCUT2D eigenvalue weighted by Crippen LogP contribution is 2.30. The third-order valence-electron chi connectivity index (χ3n) is 5.17. The molecule has 0 saturated carbocycles. The van der Waals surface area contributed by atoms with Crippen LogP contribution >= 0.6 is 0 Å². The molecule has 1 N–H and O–H groups in total. The quantitative estimate of drug-likeness (QED) is 0.351. The van der Waals surface area contributed by atoms with Crippen LogP contribution in [0.1, 0.15) is 27.0 Å². The number of carboxylic acids is 1. The fourth-order valence-electron chi connectivity index (χ4n) is 3.25. The van der Waals surface area contributed by atoms with E-state index in [9.17, 15) is 9.90 Å². The van der Waals surface area contributed by atoms with Crippen molar-refractivity contribution in [3.8, 4) is 5.75 Å². The summed E-state index contributed by atoms with van der Waals surface area (Å²) in [4.78, 5) is 15.9. The molecule has 0 saturated heterocycles. The number of hydrogen-bond acceptors (Lipinski definition) is 4. The minimum absolute atomic E-state index is 0.261. The zero-order valence-corrected chi connectivity index (χ0v) is 19.8. The van der Waals surface area contributed by atoms with E-state index in [1.54, 1.807) is 25.4 Å². The van der Waals surface area contributed by atoms with E-state index in [-0.39, 0.29) is 5.56 Å². The Hall–Kier alpha value is -2.90. The summed E-state index contributed by atoms with van der Waals surface area (Å²) in [6.45, 7) is 10.2. The monoisotopic (exact) mass is 438 g/mol. The van der Waals surface area contributed by atoms with Gasteiger partial charge in [-0.15, -0.1) is 0 Å². The highest BCUT2D eigenvalue weighted by atomic mass is 28.3. The van der Waals surface area contributed by atoms with Crippen LogP contribution in [0.2, 0.25) is 25.7 Å². The molecule has 31 heavy (non-hydrogen) atoms. The number of fused-ring (bicyclic) bond motifs is 1. The van der Waals surface area contributed by atoms with Crippen LogP contribution < -0.4 is 4.74 Å². The molecule has 164 valence electrons. The average molecular weight is 439 g/mol. The molecule has 3 rings (SSSR count). The predicted octanol–water partition coefficient (Wildman–Crippen LogP) is 5.53. The maximum Gasteiger partial charge on any atom is 0.335 e. The summed E-state index contributed by atoms with van der Waals surface area (Å²) in [5, 5.41) is 10.2. The van der Waals surface area contributed by atoms with E-state index in [0.717, 1.165) is 46.1 Å². The van der Waals surface area contributed by atoms with E-state index in [4.69, 9.17) is 9.47 Å². The van der Waals surface area contributed by atoms with Gasteiger partial charge in [0.25, 0.3) is 0 Å². The Balaban J connectivity index is 1.84. The SMILES string of the molecule is COc1c(C=Cc2cc(C(=O)O)ccc2C)cnc2c1ccn2COCC[Si](C)(C)C. The standard InChI is InChI=1S/C24H30N2O4Si/c1-17-6-7-19(24(27)28)14-18(17)8-9-20-15-25-23-21(22(20)29-2)10-11-26(23)16-30-12-13-31(3,4)5/h6-11,14-15H,12-13,16H2,1-5H3,(H,27,28). The van der Waals surface area contributed by atoms with Crippen molar-refractivity contribution in [2.75, 3.05) is 13.7 Å². The topological polar surface area (TPSA) is 73.6 Å². The van der Waals surface area contributed by atoms with Crippen LogP contribution in [0.25, 0.3) is 23.2 Å². The van der Waals surface area contributed by atoms with Crippen LogP contribution in [0.4, 0.5) is 0 Å². The number of nitrogens with zero attached hydrogens (tertiary/aromatic N) is 2. The third kappa shape index (κ3) is 5.62. The van der Waals surface area contributed by atoms with Crippen molar-refractivity contribution in [1.82, 2.24) is 9.55 Å². The number of carboxylic acid groups (broad SMARTS) is 1. The summed E-state index contributed by atoms with van der Waals surface area (Å²) in [6.07, 6.45) is 7.53. The van der Waals surface area contributed by atoms with Gasteiger partial charge in [-0.05, 0) is 48.4 Å². The van der Waals surface area contributed by atoms with Crippen LogP contribution in [0.15, 0.2) is 36.7 Å². The van der Waals surface area contributed by atoms with Crippen LogP contribution in [0.5, 0.6) is 5.75 Å². The molecule has 0 aliphatic carbocycles. The first-order valence-electron chi connectivity index (χ1n) is 10.3. The van der Waals surface area contributed by atoms with Gasteiger partial charge in [0.15, 0.2) is 0 Å². The van der Waals surface area contributed by atoms with E-state index in [2.05, 4.69) is 24.6 Å². The lowest BCUT2D eigenvalue weighted by Gasteiger charge is -2.15. The molecule has 0 bridgehead atoms. The van der Waals surface area contributed by atoms with Crippen LogP contribution in [-0.4, -0.2) is 42.4 Å². The molecule has 0 radical (unpaired) electrons. The Labute approximate surface area is 184 Å². The smallest absolute Gasteiger partial charge is 0.335 e. The minimum atomic E-state index is -1.12. The number of rotatable bonds is 9. The number of aromatic nitrogens is 2. The Morgan fingerprint density at radius 2 is 1.94 bits per heavy atom. The van der Waals surface area contributed by atoms with Gasteiger partial charge in [-0.25, -0.2) is 9.78 Å². The zero-order valence-electron chi connectivity index (χ0n) is 18.8. The van der Waals surface area contributed by atoms with Gasteiger partial charge in [-0.2, -0.15) is 0 Å². The van der Waals surface area contributed by atoms with Crippen molar-refractivity contribution >= 4 is 37.2 Å². The lowest BCUT2D eigenvalue weighted by atomic mass is 10.0. The number of benzene rings is 1. The second-order valence-electron chi connectivity index (χ2n) is 8.83. The second kappa shape index (κ2) is 9.49. The zero-order chi connectivity index (χ0) is 22.6. The highest BCUT2D eigenvalue weighted by molar-refractivity contribution is 6.76. The maximum atomic E-state index is 11.3. The molecule has 0 fully saturated rings. The molecule has 0 aliphatic rings. The number of pyridine rings is 1. The molecule has 3 aromatic rings. The van der Waals surface area contributed by atoms with Gasteiger partial charge in [0.1, 0.15) is 18.1 Å². The second-order valence-corrected chi connectivity index (χ2v) is 14.4. The number of aryl methyl sites for hydroxylation is 1. The van der Waals surface area contributed by atoms with Crippen LogP contribution in [0.3, 0.4) is 0 Å². The van der Waals surface area contributed by atoms with Gasteiger partial charge in [0.2, 0.25) is 0 Å². The van der Waals surface area contributed by atoms with E-state index >= 15 is 0 Å². The van der Waals surface area contributed by atoms with E-state index in [1.807, 2.05) is 42.0 Å². The summed E-state index contributed by atoms with van der Waals surface area (Å²) in [7, 11) is 0.527. The fourth-order valence-corrected chi connectivity index (χ4v) is 4.01. The first-order valence-corrected chi connectivity index (χ1v) is 14.0. The lowest BCUT2D eigenvalue weighted by Crippen LogP contribution is -2.22. The van der Waals surface area contributed by atoms with Crippen molar-refractivity contribution in [3.63, 3.8) is 0 Å². The molecular formula is C24H30N2O4Si. The Morgan fingerprint density at radius 3 is 2.61 bits per heavy atom. The summed E-state index contributed by atoms with van der Waals surface area (Å²) in [5.41, 5.74) is 3.74. The Kier molecular flexibility index (Phi) is 6.97. The molecule has 0 amide bonds. The van der Waals surface area contributed by atoms with Crippen molar-refractivity contribution in [2.24, 2.45) is 0 Å². The largest absolute Gasteiger partial charge is 0.495 e. The van der Waals surface area contributed by atoms with Crippen molar-refractivity contribution < 1.29 is 19.4 Å². The molecule has 2 heterocycles. The van der Waals surface area contributed by atoms with Gasteiger partial charge in [0.05, 0.1) is 18.1 Å². The molecule has 0 atom stereocenters. The van der Waals surface area contributed by atoms with Gasteiger partial charge >= 0.3 is 5.97 Å². The van der Waals surface area contributed by atoms with Crippen LogP contribution in [-0.2, 0) is 11.5 Å². The summed E-state index contributed by atoms with van der Waals surface area (Å²) in [5.74, 6) is -0.210. The first-order chi connectivity index (χ1) is 14.7. The van der Waals surface area contributed by atoms with Gasteiger partial charge < -0.3 is 19.1 Å². The summed E-state index contributed by atoms with van der Waals surface area (Å²) >= 11 is 0. The van der Waals surface area contributed by atoms with Gasteiger partial charge in [-0.3, -0.25) is 0 Å². The molecular weight excluding hydrogens is 408 g/mol. The maximum absolute atomic E-state index is 11.3. The fraction of sp³-hybridized carbons (Fsp3) is 0.333. The molecule has 0 aliphatic heterocycles. The highest BCUT2D eigenvalue weighted by Gasteiger charge is 2.14. The predicted molar refractivity (Wildman–Crippen MR) is 127 cm³/mol. The number of aromatic carboxylic acids is 1. The molecule has 0 unspecified atom stereocenters. The lowest BCUT2D eigenvalue weighted by molar-refractivity contribution is 0.0697. The Morgan fingerprint density at radius 1 is 1.19 bits per heavy atom. The number of ether oxygens (including phenoxy) is 2. The third-order valence-corrected chi connectivity index (χ3v) is 6.87. The van der Waals surface area contributed by atoms with Crippen molar-refractivity contribution in [2.45, 2.75) is 39.3 Å². The van der Waals surface area contributed by atoms with E-state index in [0.29, 0.717) is 6.73 Å². The molecule has 1 aromatic carbocycles. The summed E-state index contributed by atoms with van der Waals surface area (Å²) < 4.78 is 13.5. The molecule has 7 heteroatoms. The number of methoxy groups -OCH3 is 1. The summed E-state index contributed by atoms with van der Waals surface area (Å²) in [6, 6.07) is 8.19. The normalized spacial score (nSPS) is 12.0. The van der Waals surface area contributed by atoms with E-state index in [1.165, 1.54) is 0 Å². The number of carbonyl (C=O) groups is 1. The first kappa shape index (κ1) is 22.8. The molecule has 0 spiro atoms. The van der Waals surface area contributed by atoms with Crippen molar-refractivity contribution in [1.29, 1.82) is 0 Å².